The third-order valence-corrected chi connectivity index (χ3v) is 4.33. The second-order valence-corrected chi connectivity index (χ2v) is 6.07. The van der Waals surface area contributed by atoms with E-state index >= 15 is 0 Å². The topological polar surface area (TPSA) is 90.9 Å². The number of rotatable bonds is 5. The van der Waals surface area contributed by atoms with Crippen molar-refractivity contribution in [2.75, 3.05) is 52.5 Å². The number of ether oxygens (including phenoxy) is 2. The minimum atomic E-state index is -0.964. The maximum absolute atomic E-state index is 11.2. The highest BCUT2D eigenvalue weighted by Crippen LogP contribution is 2.14. The molecule has 0 aliphatic carbocycles. The molecule has 1 unspecified atom stereocenters. The van der Waals surface area contributed by atoms with Crippen LogP contribution in [-0.4, -0.2) is 89.7 Å². The molecule has 3 heterocycles. The van der Waals surface area contributed by atoms with Crippen molar-refractivity contribution in [1.29, 1.82) is 0 Å². The third kappa shape index (κ3) is 4.51. The summed E-state index contributed by atoms with van der Waals surface area (Å²) in [5.74, 6) is -0.964. The van der Waals surface area contributed by atoms with Gasteiger partial charge >= 0.3 is 5.97 Å². The van der Waals surface area contributed by atoms with E-state index in [9.17, 15) is 9.90 Å². The van der Waals surface area contributed by atoms with Gasteiger partial charge in [-0.1, -0.05) is 0 Å². The summed E-state index contributed by atoms with van der Waals surface area (Å²) in [6, 6.07) is 0. The van der Waals surface area contributed by atoms with Crippen LogP contribution in [0.2, 0.25) is 0 Å². The number of carboxylic acids is 1. The molecule has 128 valence electrons. The van der Waals surface area contributed by atoms with Gasteiger partial charge in [0, 0.05) is 51.4 Å². The molecule has 1 aromatic rings. The number of hydrogen-bond acceptors (Lipinski definition) is 6. The number of aromatic amines is 1. The van der Waals surface area contributed by atoms with Gasteiger partial charge in [0.15, 0.2) is 0 Å². The maximum Gasteiger partial charge on any atom is 0.354 e. The van der Waals surface area contributed by atoms with Crippen molar-refractivity contribution in [3.63, 3.8) is 0 Å². The molecule has 2 aliphatic rings. The van der Waals surface area contributed by atoms with E-state index in [2.05, 4.69) is 20.0 Å². The molecule has 0 bridgehead atoms. The van der Waals surface area contributed by atoms with Crippen molar-refractivity contribution in [2.45, 2.75) is 19.1 Å². The van der Waals surface area contributed by atoms with E-state index in [1.165, 1.54) is 0 Å². The SMILES string of the molecule is O=C(O)c1[nH]ncc1CN1CCCOC(CN2CCOCC2)C1. The molecule has 2 fully saturated rings. The fourth-order valence-electron chi connectivity index (χ4n) is 3.15. The molecular weight excluding hydrogens is 300 g/mol. The average molecular weight is 324 g/mol. The molecular formula is C15H24N4O4. The minimum Gasteiger partial charge on any atom is -0.477 e. The fourth-order valence-corrected chi connectivity index (χ4v) is 3.15. The lowest BCUT2D eigenvalue weighted by Crippen LogP contribution is -2.44. The monoisotopic (exact) mass is 324 g/mol. The van der Waals surface area contributed by atoms with E-state index < -0.39 is 5.97 Å². The number of carbonyl (C=O) groups is 1. The number of hydrogen-bond donors (Lipinski definition) is 2. The highest BCUT2D eigenvalue weighted by atomic mass is 16.5. The zero-order valence-electron chi connectivity index (χ0n) is 13.2. The largest absolute Gasteiger partial charge is 0.477 e. The van der Waals surface area contributed by atoms with Gasteiger partial charge in [0.2, 0.25) is 0 Å². The number of nitrogens with one attached hydrogen (secondary N) is 1. The van der Waals surface area contributed by atoms with Crippen LogP contribution in [0.1, 0.15) is 22.5 Å². The normalized spacial score (nSPS) is 24.4. The zero-order valence-corrected chi connectivity index (χ0v) is 13.2. The Labute approximate surface area is 135 Å². The molecule has 8 nitrogen and oxygen atoms in total. The standard InChI is InChI=1S/C15H24N4O4/c20-15(21)14-12(8-16-17-14)9-19-2-1-5-23-13(11-19)10-18-3-6-22-7-4-18/h8,13H,1-7,9-11H2,(H,16,17)(H,20,21). The van der Waals surface area contributed by atoms with Crippen molar-refractivity contribution in [3.8, 4) is 0 Å². The number of morpholine rings is 1. The van der Waals surface area contributed by atoms with E-state index in [1.54, 1.807) is 6.20 Å². The van der Waals surface area contributed by atoms with Crippen molar-refractivity contribution in [3.05, 3.63) is 17.5 Å². The summed E-state index contributed by atoms with van der Waals surface area (Å²) in [6.45, 7) is 7.42. The first kappa shape index (κ1) is 16.4. The first-order chi connectivity index (χ1) is 11.2. The highest BCUT2D eigenvalue weighted by Gasteiger charge is 2.24. The van der Waals surface area contributed by atoms with Gasteiger partial charge < -0.3 is 14.6 Å². The first-order valence-electron chi connectivity index (χ1n) is 8.12. The molecule has 1 aromatic heterocycles. The van der Waals surface area contributed by atoms with Crippen LogP contribution >= 0.6 is 0 Å². The summed E-state index contributed by atoms with van der Waals surface area (Å²) < 4.78 is 11.4. The van der Waals surface area contributed by atoms with E-state index in [1.807, 2.05) is 0 Å². The Hall–Kier alpha value is -1.48. The average Bonchev–Trinajstić information content (AvgIpc) is 2.89. The van der Waals surface area contributed by atoms with E-state index in [0.29, 0.717) is 6.54 Å². The van der Waals surface area contributed by atoms with Gasteiger partial charge in [-0.05, 0) is 6.42 Å². The Bertz CT molecular complexity index is 515. The number of H-pyrrole nitrogens is 1. The molecule has 8 heteroatoms. The Kier molecular flexibility index (Phi) is 5.60. The Morgan fingerprint density at radius 3 is 2.91 bits per heavy atom. The van der Waals surface area contributed by atoms with Gasteiger partial charge in [-0.3, -0.25) is 14.9 Å². The van der Waals surface area contributed by atoms with Gasteiger partial charge in [0.05, 0.1) is 25.5 Å². The maximum atomic E-state index is 11.2. The van der Waals surface area contributed by atoms with Crippen LogP contribution in [0, 0.1) is 0 Å². The Morgan fingerprint density at radius 1 is 1.30 bits per heavy atom. The molecule has 0 aromatic carbocycles. The van der Waals surface area contributed by atoms with Gasteiger partial charge in [0.1, 0.15) is 5.69 Å². The number of nitrogens with zero attached hydrogens (tertiary/aromatic N) is 3. The van der Waals surface area contributed by atoms with Crippen LogP contribution in [0.4, 0.5) is 0 Å². The molecule has 1 atom stereocenters. The number of aromatic nitrogens is 2. The number of carboxylic acid groups (broad SMARTS) is 1. The lowest BCUT2D eigenvalue weighted by molar-refractivity contribution is -0.0123. The lowest BCUT2D eigenvalue weighted by Gasteiger charge is -2.31. The van der Waals surface area contributed by atoms with Crippen molar-refractivity contribution in [2.24, 2.45) is 0 Å². The van der Waals surface area contributed by atoms with Gasteiger partial charge in [-0.2, -0.15) is 5.10 Å². The molecule has 0 spiro atoms. The zero-order chi connectivity index (χ0) is 16.1. The summed E-state index contributed by atoms with van der Waals surface area (Å²) in [5, 5.41) is 15.6. The summed E-state index contributed by atoms with van der Waals surface area (Å²) in [4.78, 5) is 15.8. The number of aromatic carboxylic acids is 1. The predicted molar refractivity (Wildman–Crippen MR) is 82.4 cm³/mol. The third-order valence-electron chi connectivity index (χ3n) is 4.33. The molecule has 23 heavy (non-hydrogen) atoms. The van der Waals surface area contributed by atoms with Crippen molar-refractivity contribution < 1.29 is 19.4 Å². The van der Waals surface area contributed by atoms with E-state index in [4.69, 9.17) is 9.47 Å². The molecule has 0 radical (unpaired) electrons. The molecule has 3 rings (SSSR count). The summed E-state index contributed by atoms with van der Waals surface area (Å²) >= 11 is 0. The second kappa shape index (κ2) is 7.87. The second-order valence-electron chi connectivity index (χ2n) is 6.07. The molecule has 0 saturated carbocycles. The van der Waals surface area contributed by atoms with Crippen LogP contribution in [0.3, 0.4) is 0 Å². The van der Waals surface area contributed by atoms with Crippen LogP contribution in [0.5, 0.6) is 0 Å². The lowest BCUT2D eigenvalue weighted by atomic mass is 10.2. The molecule has 2 aliphatic heterocycles. The summed E-state index contributed by atoms with van der Waals surface area (Å²) in [6.07, 6.45) is 2.71. The van der Waals surface area contributed by atoms with Crippen molar-refractivity contribution >= 4 is 5.97 Å². The van der Waals surface area contributed by atoms with Crippen LogP contribution in [-0.2, 0) is 16.0 Å². The molecule has 2 saturated heterocycles. The van der Waals surface area contributed by atoms with E-state index in [-0.39, 0.29) is 11.8 Å². The smallest absolute Gasteiger partial charge is 0.354 e. The summed E-state index contributed by atoms with van der Waals surface area (Å²) in [5.41, 5.74) is 0.907. The Balaban J connectivity index is 1.58. The van der Waals surface area contributed by atoms with Crippen molar-refractivity contribution in [1.82, 2.24) is 20.0 Å². The minimum absolute atomic E-state index is 0.149. The Morgan fingerprint density at radius 2 is 2.13 bits per heavy atom. The van der Waals surface area contributed by atoms with Crippen LogP contribution in [0.25, 0.3) is 0 Å². The molecule has 0 amide bonds. The quantitative estimate of drug-likeness (QED) is 0.789. The summed E-state index contributed by atoms with van der Waals surface area (Å²) in [7, 11) is 0. The van der Waals surface area contributed by atoms with Gasteiger partial charge in [0.25, 0.3) is 0 Å². The first-order valence-corrected chi connectivity index (χ1v) is 8.12. The van der Waals surface area contributed by atoms with Crippen LogP contribution < -0.4 is 0 Å². The molecule has 2 N–H and O–H groups in total. The van der Waals surface area contributed by atoms with Gasteiger partial charge in [-0.15, -0.1) is 0 Å². The predicted octanol–water partition coefficient (Wildman–Crippen LogP) is 0.0310. The van der Waals surface area contributed by atoms with E-state index in [0.717, 1.165) is 64.5 Å². The van der Waals surface area contributed by atoms with Gasteiger partial charge in [-0.25, -0.2) is 4.79 Å². The highest BCUT2D eigenvalue weighted by molar-refractivity contribution is 5.86. The fraction of sp³-hybridized carbons (Fsp3) is 0.733. The van der Waals surface area contributed by atoms with Crippen LogP contribution in [0.15, 0.2) is 6.20 Å².